The molecular weight excluding hydrogens is 339 g/mol. The first-order valence-electron chi connectivity index (χ1n) is 9.86. The first-order chi connectivity index (χ1) is 13.0. The summed E-state index contributed by atoms with van der Waals surface area (Å²) < 4.78 is 19.1. The van der Waals surface area contributed by atoms with Crippen LogP contribution < -0.4 is 9.64 Å². The van der Waals surface area contributed by atoms with Gasteiger partial charge in [-0.1, -0.05) is 18.2 Å². The normalized spacial score (nSPS) is 24.7. The summed E-state index contributed by atoms with van der Waals surface area (Å²) in [6.07, 6.45) is 2.27. The van der Waals surface area contributed by atoms with Gasteiger partial charge in [0.25, 0.3) is 0 Å². The second-order valence-corrected chi connectivity index (χ2v) is 8.57. The van der Waals surface area contributed by atoms with Crippen LogP contribution in [-0.2, 0) is 6.54 Å². The van der Waals surface area contributed by atoms with Crippen LogP contribution in [0.5, 0.6) is 5.75 Å². The van der Waals surface area contributed by atoms with Crippen molar-refractivity contribution in [3.63, 3.8) is 0 Å². The van der Waals surface area contributed by atoms with E-state index in [-0.39, 0.29) is 11.4 Å². The molecule has 0 amide bonds. The van der Waals surface area contributed by atoms with Gasteiger partial charge in [0.05, 0.1) is 7.11 Å². The molecule has 4 rings (SSSR count). The summed E-state index contributed by atoms with van der Waals surface area (Å²) in [5.74, 6) is 1.37. The Balaban J connectivity index is 1.47. The molecule has 0 aliphatic carbocycles. The summed E-state index contributed by atoms with van der Waals surface area (Å²) in [4.78, 5) is 5.04. The number of rotatable bonds is 4. The molecule has 0 bridgehead atoms. The van der Waals surface area contributed by atoms with E-state index in [1.807, 2.05) is 18.2 Å². The van der Waals surface area contributed by atoms with Crippen LogP contribution in [0.2, 0.25) is 0 Å². The van der Waals surface area contributed by atoms with Gasteiger partial charge in [-0.25, -0.2) is 4.39 Å². The van der Waals surface area contributed by atoms with Gasteiger partial charge in [-0.15, -0.1) is 0 Å². The van der Waals surface area contributed by atoms with Gasteiger partial charge in [-0.2, -0.15) is 0 Å². The van der Waals surface area contributed by atoms with E-state index in [0.29, 0.717) is 12.0 Å². The van der Waals surface area contributed by atoms with Gasteiger partial charge in [0.1, 0.15) is 11.6 Å². The maximum Gasteiger partial charge on any atom is 0.125 e. The number of methoxy groups -OCH3 is 1. The van der Waals surface area contributed by atoms with E-state index in [1.54, 1.807) is 13.2 Å². The maximum absolute atomic E-state index is 13.8. The fourth-order valence-corrected chi connectivity index (χ4v) is 5.12. The number of hydrogen-bond acceptors (Lipinski definition) is 3. The summed E-state index contributed by atoms with van der Waals surface area (Å²) in [6.45, 7) is 7.75. The number of likely N-dealkylation sites (tertiary alicyclic amines) is 1. The molecule has 2 aromatic carbocycles. The number of nitrogens with zero attached hydrogens (tertiary/aromatic N) is 2. The largest absolute Gasteiger partial charge is 0.497 e. The van der Waals surface area contributed by atoms with Gasteiger partial charge in [-0.3, -0.25) is 4.90 Å². The summed E-state index contributed by atoms with van der Waals surface area (Å²) in [5.41, 5.74) is 2.41. The predicted octanol–water partition coefficient (Wildman–Crippen LogP) is 4.71. The Morgan fingerprint density at radius 2 is 1.93 bits per heavy atom. The number of benzene rings is 2. The number of ether oxygens (including phenoxy) is 1. The highest BCUT2D eigenvalue weighted by molar-refractivity contribution is 5.52. The van der Waals surface area contributed by atoms with E-state index in [9.17, 15) is 4.39 Å². The average Bonchev–Trinajstić information content (AvgIpc) is 2.91. The van der Waals surface area contributed by atoms with E-state index < -0.39 is 0 Å². The van der Waals surface area contributed by atoms with E-state index in [1.165, 1.54) is 11.6 Å². The molecule has 0 aromatic heterocycles. The Morgan fingerprint density at radius 1 is 1.15 bits per heavy atom. The molecule has 2 saturated heterocycles. The Labute approximate surface area is 161 Å². The number of piperidine rings is 1. The predicted molar refractivity (Wildman–Crippen MR) is 108 cm³/mol. The highest BCUT2D eigenvalue weighted by Gasteiger charge is 2.48. The summed E-state index contributed by atoms with van der Waals surface area (Å²) in [7, 11) is 1.70. The highest BCUT2D eigenvalue weighted by atomic mass is 19.1. The number of hydrogen-bond donors (Lipinski definition) is 0. The SMILES string of the molecule is COc1ccc(CN2CC[C@H]3[C@@H](C2)CC(C)(C)N3c2cccc(F)c2)cc1. The fraction of sp³-hybridized carbons (Fsp3) is 0.478. The number of halogens is 1. The third-order valence-electron chi connectivity index (χ3n) is 6.18. The van der Waals surface area contributed by atoms with Crippen molar-refractivity contribution in [3.05, 3.63) is 59.9 Å². The van der Waals surface area contributed by atoms with Crippen LogP contribution in [0.4, 0.5) is 10.1 Å². The topological polar surface area (TPSA) is 15.7 Å². The average molecular weight is 368 g/mol. The Morgan fingerprint density at radius 3 is 2.63 bits per heavy atom. The molecule has 144 valence electrons. The molecule has 27 heavy (non-hydrogen) atoms. The van der Waals surface area contributed by atoms with Crippen LogP contribution in [0.25, 0.3) is 0 Å². The molecule has 0 saturated carbocycles. The molecule has 2 aliphatic heterocycles. The molecule has 0 N–H and O–H groups in total. The molecule has 2 atom stereocenters. The van der Waals surface area contributed by atoms with Crippen molar-refractivity contribution in [2.45, 2.75) is 44.8 Å². The van der Waals surface area contributed by atoms with Crippen molar-refractivity contribution in [1.29, 1.82) is 0 Å². The first-order valence-corrected chi connectivity index (χ1v) is 9.86. The fourth-order valence-electron chi connectivity index (χ4n) is 5.12. The zero-order valence-corrected chi connectivity index (χ0v) is 16.5. The van der Waals surface area contributed by atoms with Crippen molar-refractivity contribution >= 4 is 5.69 Å². The van der Waals surface area contributed by atoms with E-state index in [0.717, 1.165) is 43.9 Å². The molecule has 0 radical (unpaired) electrons. The monoisotopic (exact) mass is 368 g/mol. The van der Waals surface area contributed by atoms with Crippen molar-refractivity contribution in [2.75, 3.05) is 25.1 Å². The molecule has 0 unspecified atom stereocenters. The molecule has 2 aliphatic rings. The minimum absolute atomic E-state index is 0.0548. The molecular formula is C23H29FN2O. The van der Waals surface area contributed by atoms with E-state index in [4.69, 9.17) is 4.74 Å². The van der Waals surface area contributed by atoms with Crippen LogP contribution in [0, 0.1) is 11.7 Å². The Kier molecular flexibility index (Phi) is 4.85. The zero-order valence-electron chi connectivity index (χ0n) is 16.5. The Bertz CT molecular complexity index is 789. The minimum atomic E-state index is -0.149. The summed E-state index contributed by atoms with van der Waals surface area (Å²) in [6, 6.07) is 16.0. The second-order valence-electron chi connectivity index (χ2n) is 8.57. The standard InChI is InChI=1S/C23H29FN2O/c1-23(2)14-18-16-25(15-17-7-9-21(27-3)10-8-17)12-11-22(18)26(23)20-6-4-5-19(24)13-20/h4-10,13,18,22H,11-12,14-16H2,1-3H3/t18-,22+/m1/s1. The van der Waals surface area contributed by atoms with E-state index >= 15 is 0 Å². The quantitative estimate of drug-likeness (QED) is 0.777. The lowest BCUT2D eigenvalue weighted by Gasteiger charge is -2.42. The summed E-state index contributed by atoms with van der Waals surface area (Å²) in [5, 5.41) is 0. The third-order valence-corrected chi connectivity index (χ3v) is 6.18. The van der Waals surface area contributed by atoms with Crippen LogP contribution in [0.3, 0.4) is 0 Å². The number of fused-ring (bicyclic) bond motifs is 1. The molecule has 0 spiro atoms. The molecule has 2 aromatic rings. The smallest absolute Gasteiger partial charge is 0.125 e. The second kappa shape index (κ2) is 7.16. The van der Waals surface area contributed by atoms with Crippen molar-refractivity contribution in [2.24, 2.45) is 5.92 Å². The lowest BCUT2D eigenvalue weighted by Crippen LogP contribution is -2.48. The third kappa shape index (κ3) is 3.68. The lowest BCUT2D eigenvalue weighted by molar-refractivity contribution is 0.161. The molecule has 3 nitrogen and oxygen atoms in total. The van der Waals surface area contributed by atoms with Gasteiger partial charge < -0.3 is 9.64 Å². The number of anilines is 1. The lowest BCUT2D eigenvalue weighted by atomic mass is 9.89. The van der Waals surface area contributed by atoms with Gasteiger partial charge in [0.15, 0.2) is 0 Å². The molecule has 2 heterocycles. The van der Waals surface area contributed by atoms with E-state index in [2.05, 4.69) is 41.8 Å². The van der Waals surface area contributed by atoms with Gasteiger partial charge in [0, 0.05) is 36.9 Å². The van der Waals surface area contributed by atoms with Gasteiger partial charge >= 0.3 is 0 Å². The minimum Gasteiger partial charge on any atom is -0.497 e. The van der Waals surface area contributed by atoms with Crippen molar-refractivity contribution in [1.82, 2.24) is 4.90 Å². The van der Waals surface area contributed by atoms with Crippen LogP contribution >= 0.6 is 0 Å². The molecule has 4 heteroatoms. The van der Waals surface area contributed by atoms with Crippen LogP contribution in [0.1, 0.15) is 32.3 Å². The van der Waals surface area contributed by atoms with Gasteiger partial charge in [0.2, 0.25) is 0 Å². The highest BCUT2D eigenvalue weighted by Crippen LogP contribution is 2.44. The van der Waals surface area contributed by atoms with Crippen molar-refractivity contribution in [3.8, 4) is 5.75 Å². The maximum atomic E-state index is 13.8. The zero-order chi connectivity index (χ0) is 19.0. The summed E-state index contributed by atoms with van der Waals surface area (Å²) >= 11 is 0. The van der Waals surface area contributed by atoms with Crippen LogP contribution in [-0.4, -0.2) is 36.7 Å². The molecule has 2 fully saturated rings. The first kappa shape index (κ1) is 18.3. The Hall–Kier alpha value is -2.07. The van der Waals surface area contributed by atoms with Crippen molar-refractivity contribution < 1.29 is 9.13 Å². The van der Waals surface area contributed by atoms with Crippen LogP contribution in [0.15, 0.2) is 48.5 Å². The van der Waals surface area contributed by atoms with Gasteiger partial charge in [-0.05, 0) is 68.5 Å².